The third kappa shape index (κ3) is 4.09. The van der Waals surface area contributed by atoms with Crippen molar-refractivity contribution in [3.8, 4) is 0 Å². The van der Waals surface area contributed by atoms with Gasteiger partial charge in [0, 0.05) is 36.3 Å². The molecule has 0 spiro atoms. The first-order valence-corrected chi connectivity index (χ1v) is 7.22. The van der Waals surface area contributed by atoms with Crippen LogP contribution in [-0.4, -0.2) is 36.7 Å². The van der Waals surface area contributed by atoms with Crippen LogP contribution < -0.4 is 10.7 Å². The molecular weight excluding hydrogens is 300 g/mol. The van der Waals surface area contributed by atoms with Crippen LogP contribution in [-0.2, 0) is 14.3 Å². The predicted molar refractivity (Wildman–Crippen MR) is 85.6 cm³/mol. The third-order valence-corrected chi connectivity index (χ3v) is 3.11. The molecule has 0 aliphatic carbocycles. The molecule has 7 nitrogen and oxygen atoms in total. The molecule has 2 aromatic rings. The number of hydrogen-bond donors (Lipinski definition) is 2. The molecule has 0 aliphatic heterocycles. The monoisotopic (exact) mass is 318 g/mol. The Morgan fingerprint density at radius 1 is 1.26 bits per heavy atom. The van der Waals surface area contributed by atoms with Crippen molar-refractivity contribution in [3.05, 3.63) is 40.2 Å². The Bertz CT molecular complexity index is 782. The third-order valence-electron chi connectivity index (χ3n) is 3.11. The van der Waals surface area contributed by atoms with E-state index >= 15 is 0 Å². The Hall–Kier alpha value is -2.83. The standard InChI is InChI=1S/C16H18N2O5/c1-3-22-16(21)13-9-18-14-5-4-11(8-12(14)15(13)20)17-6-7-23-10(2)19/h4-5,8-9,17H,3,6-7H2,1-2H3,(H,18,20). The van der Waals surface area contributed by atoms with Gasteiger partial charge in [-0.15, -0.1) is 0 Å². The van der Waals surface area contributed by atoms with E-state index in [-0.39, 0.29) is 30.2 Å². The molecule has 0 saturated heterocycles. The molecule has 7 heteroatoms. The number of benzene rings is 1. The van der Waals surface area contributed by atoms with Gasteiger partial charge in [-0.1, -0.05) is 0 Å². The van der Waals surface area contributed by atoms with E-state index in [2.05, 4.69) is 10.3 Å². The van der Waals surface area contributed by atoms with Gasteiger partial charge < -0.3 is 19.8 Å². The van der Waals surface area contributed by atoms with Crippen molar-refractivity contribution in [2.45, 2.75) is 13.8 Å². The zero-order chi connectivity index (χ0) is 16.8. The second-order valence-corrected chi connectivity index (χ2v) is 4.78. The van der Waals surface area contributed by atoms with Crippen LogP contribution in [0.5, 0.6) is 0 Å². The van der Waals surface area contributed by atoms with Crippen LogP contribution in [0, 0.1) is 0 Å². The molecule has 0 fully saturated rings. The van der Waals surface area contributed by atoms with E-state index < -0.39 is 5.97 Å². The van der Waals surface area contributed by atoms with Gasteiger partial charge in [-0.25, -0.2) is 4.79 Å². The minimum absolute atomic E-state index is 0.0311. The number of carbonyl (C=O) groups excluding carboxylic acids is 2. The lowest BCUT2D eigenvalue weighted by molar-refractivity contribution is -0.140. The molecule has 1 aromatic carbocycles. The van der Waals surface area contributed by atoms with Crippen LogP contribution in [0.15, 0.2) is 29.2 Å². The topological polar surface area (TPSA) is 97.5 Å². The van der Waals surface area contributed by atoms with E-state index in [0.29, 0.717) is 23.1 Å². The average molecular weight is 318 g/mol. The van der Waals surface area contributed by atoms with Crippen molar-refractivity contribution in [3.63, 3.8) is 0 Å². The summed E-state index contributed by atoms with van der Waals surface area (Å²) in [6.07, 6.45) is 1.36. The van der Waals surface area contributed by atoms with Crippen molar-refractivity contribution >= 4 is 28.5 Å². The molecule has 23 heavy (non-hydrogen) atoms. The minimum atomic E-state index is -0.649. The molecule has 0 unspecified atom stereocenters. The summed E-state index contributed by atoms with van der Waals surface area (Å²) in [5.41, 5.74) is 0.891. The van der Waals surface area contributed by atoms with Gasteiger partial charge in [0.05, 0.1) is 6.61 Å². The number of H-pyrrole nitrogens is 1. The van der Waals surface area contributed by atoms with E-state index in [1.807, 2.05) is 0 Å². The molecule has 0 aliphatic rings. The highest BCUT2D eigenvalue weighted by Crippen LogP contribution is 2.15. The lowest BCUT2D eigenvalue weighted by Crippen LogP contribution is -2.18. The first kappa shape index (κ1) is 16.5. The van der Waals surface area contributed by atoms with Gasteiger partial charge in [-0.05, 0) is 25.1 Å². The van der Waals surface area contributed by atoms with Crippen molar-refractivity contribution in [1.82, 2.24) is 4.98 Å². The fourth-order valence-electron chi connectivity index (χ4n) is 2.08. The predicted octanol–water partition coefficient (Wildman–Crippen LogP) is 1.68. The molecule has 1 heterocycles. The number of anilines is 1. The SMILES string of the molecule is CCOC(=O)c1c[nH]c2ccc(NCCOC(C)=O)cc2c1=O. The van der Waals surface area contributed by atoms with Crippen molar-refractivity contribution in [2.75, 3.05) is 25.1 Å². The molecule has 0 radical (unpaired) electrons. The number of fused-ring (bicyclic) bond motifs is 1. The fourth-order valence-corrected chi connectivity index (χ4v) is 2.08. The number of hydrogen-bond acceptors (Lipinski definition) is 6. The van der Waals surface area contributed by atoms with Crippen LogP contribution in [0.2, 0.25) is 0 Å². The first-order chi connectivity index (χ1) is 11.0. The number of nitrogens with one attached hydrogen (secondary N) is 2. The van der Waals surface area contributed by atoms with Crippen molar-refractivity contribution in [1.29, 1.82) is 0 Å². The minimum Gasteiger partial charge on any atom is -0.464 e. The Balaban J connectivity index is 2.23. The highest BCUT2D eigenvalue weighted by atomic mass is 16.5. The molecule has 122 valence electrons. The first-order valence-electron chi connectivity index (χ1n) is 7.22. The van der Waals surface area contributed by atoms with Crippen LogP contribution in [0.3, 0.4) is 0 Å². The molecule has 0 amide bonds. The molecule has 0 bridgehead atoms. The summed E-state index contributed by atoms with van der Waals surface area (Å²) in [5, 5.41) is 3.43. The number of ether oxygens (including phenoxy) is 2. The van der Waals surface area contributed by atoms with Crippen molar-refractivity contribution in [2.24, 2.45) is 0 Å². The summed E-state index contributed by atoms with van der Waals surface area (Å²) in [5.74, 6) is -0.996. The molecule has 0 atom stereocenters. The van der Waals surface area contributed by atoms with E-state index in [9.17, 15) is 14.4 Å². The van der Waals surface area contributed by atoms with Crippen LogP contribution in [0.25, 0.3) is 10.9 Å². The van der Waals surface area contributed by atoms with E-state index in [4.69, 9.17) is 9.47 Å². The normalized spacial score (nSPS) is 10.3. The number of pyridine rings is 1. The highest BCUT2D eigenvalue weighted by molar-refractivity contribution is 5.94. The lowest BCUT2D eigenvalue weighted by Gasteiger charge is -2.08. The van der Waals surface area contributed by atoms with Crippen LogP contribution in [0.1, 0.15) is 24.2 Å². The second kappa shape index (κ2) is 7.44. The number of rotatable bonds is 6. The molecule has 2 rings (SSSR count). The zero-order valence-electron chi connectivity index (χ0n) is 13.0. The van der Waals surface area contributed by atoms with E-state index in [1.165, 1.54) is 13.1 Å². The number of carbonyl (C=O) groups is 2. The maximum atomic E-state index is 12.4. The molecule has 1 aromatic heterocycles. The van der Waals surface area contributed by atoms with Gasteiger partial charge >= 0.3 is 11.9 Å². The smallest absolute Gasteiger partial charge is 0.343 e. The maximum Gasteiger partial charge on any atom is 0.343 e. The number of esters is 2. The Kier molecular flexibility index (Phi) is 5.35. The largest absolute Gasteiger partial charge is 0.464 e. The van der Waals surface area contributed by atoms with E-state index in [0.717, 1.165) is 0 Å². The summed E-state index contributed by atoms with van der Waals surface area (Å²) in [6, 6.07) is 5.17. The van der Waals surface area contributed by atoms with Gasteiger partial charge in [-0.2, -0.15) is 0 Å². The number of aromatic amines is 1. The van der Waals surface area contributed by atoms with Gasteiger partial charge in [0.15, 0.2) is 0 Å². The fraction of sp³-hybridized carbons (Fsp3) is 0.312. The van der Waals surface area contributed by atoms with Crippen molar-refractivity contribution < 1.29 is 19.1 Å². The summed E-state index contributed by atoms with van der Waals surface area (Å²) in [7, 11) is 0. The Labute approximate surface area is 132 Å². The molecule has 2 N–H and O–H groups in total. The van der Waals surface area contributed by atoms with Crippen LogP contribution >= 0.6 is 0 Å². The summed E-state index contributed by atoms with van der Waals surface area (Å²) >= 11 is 0. The van der Waals surface area contributed by atoms with Gasteiger partial charge in [0.2, 0.25) is 5.43 Å². The lowest BCUT2D eigenvalue weighted by atomic mass is 10.1. The van der Waals surface area contributed by atoms with Gasteiger partial charge in [0.1, 0.15) is 12.2 Å². The quantitative estimate of drug-likeness (QED) is 0.621. The molecule has 0 saturated carbocycles. The maximum absolute atomic E-state index is 12.4. The number of aromatic nitrogens is 1. The summed E-state index contributed by atoms with van der Waals surface area (Å²) in [6.45, 7) is 3.87. The summed E-state index contributed by atoms with van der Waals surface area (Å²) in [4.78, 5) is 37.8. The Morgan fingerprint density at radius 3 is 2.74 bits per heavy atom. The van der Waals surface area contributed by atoms with Crippen LogP contribution in [0.4, 0.5) is 5.69 Å². The van der Waals surface area contributed by atoms with E-state index in [1.54, 1.807) is 25.1 Å². The second-order valence-electron chi connectivity index (χ2n) is 4.78. The van der Waals surface area contributed by atoms with Gasteiger partial charge in [0.25, 0.3) is 0 Å². The zero-order valence-corrected chi connectivity index (χ0v) is 13.0. The summed E-state index contributed by atoms with van der Waals surface area (Å²) < 4.78 is 9.69. The average Bonchev–Trinajstić information content (AvgIpc) is 2.52. The highest BCUT2D eigenvalue weighted by Gasteiger charge is 2.14. The van der Waals surface area contributed by atoms with Gasteiger partial charge in [-0.3, -0.25) is 9.59 Å². The molecular formula is C16H18N2O5. The Morgan fingerprint density at radius 2 is 2.04 bits per heavy atom.